The zero-order valence-corrected chi connectivity index (χ0v) is 21.1. The molecule has 0 unspecified atom stereocenters. The van der Waals surface area contributed by atoms with E-state index in [1.165, 1.54) is 44.2 Å². The van der Waals surface area contributed by atoms with Crippen LogP contribution in [0.1, 0.15) is 52.7 Å². The number of hydrogen-bond donors (Lipinski definition) is 1. The summed E-state index contributed by atoms with van der Waals surface area (Å²) in [5.41, 5.74) is 7.46. The Balaban J connectivity index is 1.57. The Labute approximate surface area is 203 Å². The van der Waals surface area contributed by atoms with E-state index >= 15 is 0 Å². The molecule has 34 heavy (non-hydrogen) atoms. The molecule has 5 rings (SSSR count). The molecule has 172 valence electrons. The predicted octanol–water partition coefficient (Wildman–Crippen LogP) is 6.36. The van der Waals surface area contributed by atoms with Crippen LogP contribution in [0, 0.1) is 0 Å². The number of aliphatic hydroxyl groups is 1. The number of benzene rings is 4. The normalized spacial score (nSPS) is 14.7. The molecule has 2 nitrogen and oxygen atoms in total. The Kier molecular flexibility index (Phi) is 5.27. The van der Waals surface area contributed by atoms with E-state index in [1.54, 1.807) is 13.8 Å². The quantitative estimate of drug-likeness (QED) is 0.360. The maximum Gasteiger partial charge on any atom is 0.310 e. The third-order valence-electron chi connectivity index (χ3n) is 7.97. The Morgan fingerprint density at radius 2 is 1.32 bits per heavy atom. The minimum absolute atomic E-state index is 0.0196. The molecule has 0 aliphatic heterocycles. The average molecular weight is 448 g/mol. The fraction of sp³-hybridized carbons (Fsp3) is 0.290. The van der Waals surface area contributed by atoms with Crippen LogP contribution in [0.4, 0.5) is 0 Å². The van der Waals surface area contributed by atoms with Crippen LogP contribution >= 0.6 is 0 Å². The lowest BCUT2D eigenvalue weighted by molar-refractivity contribution is -0.0893. The van der Waals surface area contributed by atoms with Crippen LogP contribution < -0.4 is 5.46 Å². The SMILES string of the molecule is CC1(C)c2ccccc2-c2ccc(-c3ccc(BOC(C)(C)C(C)(C)O)c4ccccc34)cc21. The highest BCUT2D eigenvalue weighted by Gasteiger charge is 2.36. The highest BCUT2D eigenvalue weighted by Crippen LogP contribution is 2.49. The van der Waals surface area contributed by atoms with Crippen LogP contribution in [0.15, 0.2) is 78.9 Å². The molecule has 3 heteroatoms. The lowest BCUT2D eigenvalue weighted by atomic mass is 9.78. The van der Waals surface area contributed by atoms with E-state index < -0.39 is 11.2 Å². The third kappa shape index (κ3) is 3.59. The second kappa shape index (κ2) is 7.83. The molecule has 4 aromatic rings. The minimum atomic E-state index is -0.933. The molecule has 1 aliphatic rings. The van der Waals surface area contributed by atoms with Crippen LogP contribution in [0.5, 0.6) is 0 Å². The Morgan fingerprint density at radius 3 is 2.06 bits per heavy atom. The summed E-state index contributed by atoms with van der Waals surface area (Å²) in [6.07, 6.45) is 0. The zero-order valence-electron chi connectivity index (χ0n) is 21.1. The van der Waals surface area contributed by atoms with E-state index in [1.807, 2.05) is 13.8 Å². The van der Waals surface area contributed by atoms with E-state index in [2.05, 4.69) is 92.7 Å². The molecule has 0 amide bonds. The maximum atomic E-state index is 10.5. The molecule has 0 bridgehead atoms. The maximum absolute atomic E-state index is 10.5. The van der Waals surface area contributed by atoms with Crippen molar-refractivity contribution in [2.24, 2.45) is 0 Å². The summed E-state index contributed by atoms with van der Waals surface area (Å²) in [6, 6.07) is 28.6. The lowest BCUT2D eigenvalue weighted by Gasteiger charge is -2.37. The Morgan fingerprint density at radius 1 is 0.706 bits per heavy atom. The van der Waals surface area contributed by atoms with Gasteiger partial charge in [-0.2, -0.15) is 0 Å². The van der Waals surface area contributed by atoms with Crippen LogP contribution in [-0.2, 0) is 10.1 Å². The topological polar surface area (TPSA) is 29.5 Å². The largest absolute Gasteiger partial charge is 0.427 e. The van der Waals surface area contributed by atoms with Crippen molar-refractivity contribution in [1.82, 2.24) is 0 Å². The van der Waals surface area contributed by atoms with Gasteiger partial charge in [0.2, 0.25) is 0 Å². The molecule has 1 N–H and O–H groups in total. The van der Waals surface area contributed by atoms with Gasteiger partial charge in [-0.05, 0) is 83.4 Å². The predicted molar refractivity (Wildman–Crippen MR) is 145 cm³/mol. The molecule has 0 heterocycles. The fourth-order valence-electron chi connectivity index (χ4n) is 5.05. The van der Waals surface area contributed by atoms with E-state index in [0.29, 0.717) is 7.48 Å². The van der Waals surface area contributed by atoms with Crippen molar-refractivity contribution in [3.63, 3.8) is 0 Å². The van der Waals surface area contributed by atoms with Crippen molar-refractivity contribution in [1.29, 1.82) is 0 Å². The van der Waals surface area contributed by atoms with Crippen molar-refractivity contribution in [2.75, 3.05) is 0 Å². The van der Waals surface area contributed by atoms with E-state index in [9.17, 15) is 5.11 Å². The summed E-state index contributed by atoms with van der Waals surface area (Å²) in [6.45, 7) is 12.1. The highest BCUT2D eigenvalue weighted by atomic mass is 16.5. The molecule has 0 atom stereocenters. The second-order valence-corrected chi connectivity index (χ2v) is 11.1. The smallest absolute Gasteiger partial charge is 0.310 e. The van der Waals surface area contributed by atoms with Crippen molar-refractivity contribution in [3.05, 3.63) is 90.0 Å². The first-order valence-electron chi connectivity index (χ1n) is 12.1. The number of fused-ring (bicyclic) bond motifs is 4. The van der Waals surface area contributed by atoms with E-state index in [-0.39, 0.29) is 5.41 Å². The standard InChI is InChI=1S/C31H33BO2/c1-29(2)26-14-10-9-12-23(26)24-16-15-20(19-27(24)29)21-17-18-28(25-13-8-7-11-22(21)25)32-34-31(5,6)30(3,4)33/h7-19,32-33H,1-6H3. The van der Waals surface area contributed by atoms with Gasteiger partial charge in [0.25, 0.3) is 0 Å². The van der Waals surface area contributed by atoms with Crippen molar-refractivity contribution >= 4 is 23.7 Å². The molecule has 0 fully saturated rings. The zero-order chi connectivity index (χ0) is 24.3. The van der Waals surface area contributed by atoms with Crippen LogP contribution in [0.25, 0.3) is 33.0 Å². The molecular weight excluding hydrogens is 415 g/mol. The van der Waals surface area contributed by atoms with E-state index in [0.717, 1.165) is 5.46 Å². The second-order valence-electron chi connectivity index (χ2n) is 11.1. The number of hydrogen-bond acceptors (Lipinski definition) is 2. The average Bonchev–Trinajstić information content (AvgIpc) is 3.03. The molecule has 0 spiro atoms. The molecule has 0 radical (unpaired) electrons. The summed E-state index contributed by atoms with van der Waals surface area (Å²) in [5, 5.41) is 12.9. The Hall–Kier alpha value is -2.88. The molecular formula is C31H33BO2. The lowest BCUT2D eigenvalue weighted by Crippen LogP contribution is -2.49. The van der Waals surface area contributed by atoms with Crippen molar-refractivity contribution < 1.29 is 9.76 Å². The van der Waals surface area contributed by atoms with Gasteiger partial charge in [-0.25, -0.2) is 0 Å². The van der Waals surface area contributed by atoms with E-state index in [4.69, 9.17) is 4.65 Å². The van der Waals surface area contributed by atoms with Gasteiger partial charge in [0.1, 0.15) is 0 Å². The molecule has 0 saturated carbocycles. The van der Waals surface area contributed by atoms with Gasteiger partial charge in [0.15, 0.2) is 0 Å². The van der Waals surface area contributed by atoms with Gasteiger partial charge in [0, 0.05) is 5.41 Å². The van der Waals surface area contributed by atoms with Gasteiger partial charge >= 0.3 is 7.48 Å². The minimum Gasteiger partial charge on any atom is -0.427 e. The van der Waals surface area contributed by atoms with Gasteiger partial charge < -0.3 is 9.76 Å². The van der Waals surface area contributed by atoms with Crippen LogP contribution in [0.3, 0.4) is 0 Å². The first-order chi connectivity index (χ1) is 16.0. The van der Waals surface area contributed by atoms with Crippen LogP contribution in [0.2, 0.25) is 0 Å². The first-order valence-corrected chi connectivity index (χ1v) is 12.1. The first kappa shape index (κ1) is 22.9. The summed E-state index contributed by atoms with van der Waals surface area (Å²) in [7, 11) is 0.449. The fourth-order valence-corrected chi connectivity index (χ4v) is 5.05. The van der Waals surface area contributed by atoms with Gasteiger partial charge in [-0.1, -0.05) is 86.6 Å². The van der Waals surface area contributed by atoms with Gasteiger partial charge in [-0.3, -0.25) is 0 Å². The summed E-state index contributed by atoms with van der Waals surface area (Å²) < 4.78 is 6.21. The Bertz CT molecular complexity index is 1390. The third-order valence-corrected chi connectivity index (χ3v) is 7.97. The van der Waals surface area contributed by atoms with Crippen molar-refractivity contribution in [2.45, 2.75) is 58.2 Å². The van der Waals surface area contributed by atoms with Gasteiger partial charge in [0.05, 0.1) is 11.2 Å². The molecule has 1 aliphatic carbocycles. The summed E-state index contributed by atoms with van der Waals surface area (Å²) in [4.78, 5) is 0. The highest BCUT2D eigenvalue weighted by molar-refractivity contribution is 6.51. The monoisotopic (exact) mass is 448 g/mol. The van der Waals surface area contributed by atoms with Gasteiger partial charge in [-0.15, -0.1) is 0 Å². The van der Waals surface area contributed by atoms with Crippen molar-refractivity contribution in [3.8, 4) is 22.3 Å². The molecule has 4 aromatic carbocycles. The molecule has 0 saturated heterocycles. The van der Waals surface area contributed by atoms with Crippen LogP contribution in [-0.4, -0.2) is 23.8 Å². The summed E-state index contributed by atoms with van der Waals surface area (Å²) >= 11 is 0. The molecule has 0 aromatic heterocycles. The summed E-state index contributed by atoms with van der Waals surface area (Å²) in [5.74, 6) is 0. The number of rotatable bonds is 5.